The molecule has 0 amide bonds. The Labute approximate surface area is 111 Å². The molecule has 0 saturated heterocycles. The monoisotopic (exact) mass is 298 g/mol. The molecule has 5 heteroatoms. The Bertz CT molecular complexity index is 379. The van der Waals surface area contributed by atoms with Crippen molar-refractivity contribution in [2.45, 2.75) is 39.2 Å². The van der Waals surface area contributed by atoms with Gasteiger partial charge in [0.15, 0.2) is 0 Å². The van der Waals surface area contributed by atoms with Crippen LogP contribution < -0.4 is 10.2 Å². The Morgan fingerprint density at radius 2 is 2.18 bits per heavy atom. The molecule has 1 N–H and O–H groups in total. The molecule has 0 bridgehead atoms. The third kappa shape index (κ3) is 2.89. The van der Waals surface area contributed by atoms with E-state index in [9.17, 15) is 0 Å². The molecule has 0 aliphatic heterocycles. The molecule has 1 heterocycles. The van der Waals surface area contributed by atoms with Gasteiger partial charge in [0, 0.05) is 19.1 Å². The minimum Gasteiger partial charge on any atom is -0.369 e. The fourth-order valence-electron chi connectivity index (χ4n) is 1.94. The summed E-state index contributed by atoms with van der Waals surface area (Å²) >= 11 is 3.62. The lowest BCUT2D eigenvalue weighted by Gasteiger charge is -2.24. The summed E-state index contributed by atoms with van der Waals surface area (Å²) in [7, 11) is 0. The largest absolute Gasteiger partial charge is 0.369 e. The highest BCUT2D eigenvalue weighted by atomic mass is 79.9. The molecule has 1 aliphatic rings. The maximum absolute atomic E-state index is 4.43. The van der Waals surface area contributed by atoms with Crippen LogP contribution in [0.2, 0.25) is 0 Å². The highest BCUT2D eigenvalue weighted by Gasteiger charge is 2.31. The number of rotatable bonds is 6. The molecule has 0 unspecified atom stereocenters. The van der Waals surface area contributed by atoms with Gasteiger partial charge in [0.05, 0.1) is 0 Å². The number of halogens is 1. The molecule has 17 heavy (non-hydrogen) atoms. The number of nitrogens with one attached hydrogen (secondary N) is 1. The first-order valence-corrected chi connectivity index (χ1v) is 7.08. The van der Waals surface area contributed by atoms with E-state index in [4.69, 9.17) is 0 Å². The van der Waals surface area contributed by atoms with E-state index >= 15 is 0 Å². The Balaban J connectivity index is 2.25. The van der Waals surface area contributed by atoms with E-state index in [0.717, 1.165) is 35.6 Å². The van der Waals surface area contributed by atoms with Crippen LogP contribution >= 0.6 is 15.9 Å². The van der Waals surface area contributed by atoms with Crippen molar-refractivity contribution in [2.24, 2.45) is 0 Å². The van der Waals surface area contributed by atoms with Gasteiger partial charge in [-0.1, -0.05) is 6.92 Å². The van der Waals surface area contributed by atoms with Gasteiger partial charge >= 0.3 is 0 Å². The molecule has 94 valence electrons. The van der Waals surface area contributed by atoms with Crippen molar-refractivity contribution in [1.82, 2.24) is 9.97 Å². The van der Waals surface area contributed by atoms with Crippen LogP contribution in [-0.4, -0.2) is 29.1 Å². The lowest BCUT2D eigenvalue weighted by atomic mass is 10.3. The van der Waals surface area contributed by atoms with E-state index in [1.165, 1.54) is 12.8 Å². The van der Waals surface area contributed by atoms with Crippen LogP contribution in [0.4, 0.5) is 11.6 Å². The van der Waals surface area contributed by atoms with Crippen LogP contribution in [-0.2, 0) is 0 Å². The summed E-state index contributed by atoms with van der Waals surface area (Å²) in [6.07, 6.45) is 5.35. The topological polar surface area (TPSA) is 41.1 Å². The average Bonchev–Trinajstić information content (AvgIpc) is 3.14. The van der Waals surface area contributed by atoms with Crippen LogP contribution in [0, 0.1) is 0 Å². The molecule has 0 atom stereocenters. The standard InChI is InChI=1S/C12H19BrN4/c1-3-7-17(9-5-6-9)12-10(13)11(14-4-2)15-8-16-12/h8-9H,3-7H2,1-2H3,(H,14,15,16). The SMILES string of the molecule is CCCN(c1ncnc(NCC)c1Br)C1CC1. The summed E-state index contributed by atoms with van der Waals surface area (Å²) < 4.78 is 0.988. The second-order valence-electron chi connectivity index (χ2n) is 4.31. The van der Waals surface area contributed by atoms with Gasteiger partial charge < -0.3 is 10.2 Å². The summed E-state index contributed by atoms with van der Waals surface area (Å²) in [5, 5.41) is 3.25. The number of aromatic nitrogens is 2. The van der Waals surface area contributed by atoms with Crippen molar-refractivity contribution in [3.8, 4) is 0 Å². The Morgan fingerprint density at radius 3 is 2.76 bits per heavy atom. The van der Waals surface area contributed by atoms with Crippen molar-refractivity contribution in [3.63, 3.8) is 0 Å². The molecule has 1 aliphatic carbocycles. The Morgan fingerprint density at radius 1 is 1.41 bits per heavy atom. The predicted octanol–water partition coefficient (Wildman–Crippen LogP) is 3.05. The zero-order valence-electron chi connectivity index (χ0n) is 10.4. The molecule has 1 saturated carbocycles. The molecule has 4 nitrogen and oxygen atoms in total. The zero-order chi connectivity index (χ0) is 12.3. The first kappa shape index (κ1) is 12.6. The molecule has 1 aromatic rings. The van der Waals surface area contributed by atoms with Gasteiger partial charge in [0.2, 0.25) is 0 Å². The van der Waals surface area contributed by atoms with Gasteiger partial charge in [-0.25, -0.2) is 9.97 Å². The quantitative estimate of drug-likeness (QED) is 0.876. The molecular formula is C12H19BrN4. The molecule has 0 spiro atoms. The van der Waals surface area contributed by atoms with Crippen molar-refractivity contribution in [3.05, 3.63) is 10.8 Å². The Hall–Kier alpha value is -0.840. The van der Waals surface area contributed by atoms with Crippen LogP contribution in [0.25, 0.3) is 0 Å². The number of hydrogen-bond donors (Lipinski definition) is 1. The van der Waals surface area contributed by atoms with Crippen molar-refractivity contribution in [1.29, 1.82) is 0 Å². The molecule has 1 aromatic heterocycles. The molecule has 0 aromatic carbocycles. The third-order valence-corrected chi connectivity index (χ3v) is 3.57. The van der Waals surface area contributed by atoms with Gasteiger partial charge in [-0.05, 0) is 42.1 Å². The van der Waals surface area contributed by atoms with Crippen molar-refractivity contribution in [2.75, 3.05) is 23.3 Å². The summed E-state index contributed by atoms with van der Waals surface area (Å²) in [6, 6.07) is 0.677. The van der Waals surface area contributed by atoms with E-state index in [1.807, 2.05) is 0 Å². The molecule has 1 fully saturated rings. The van der Waals surface area contributed by atoms with Crippen LogP contribution in [0.15, 0.2) is 10.8 Å². The van der Waals surface area contributed by atoms with E-state index in [2.05, 4.69) is 50.0 Å². The van der Waals surface area contributed by atoms with Crippen molar-refractivity contribution < 1.29 is 0 Å². The first-order valence-electron chi connectivity index (χ1n) is 6.28. The van der Waals surface area contributed by atoms with E-state index in [1.54, 1.807) is 6.33 Å². The van der Waals surface area contributed by atoms with Gasteiger partial charge in [-0.15, -0.1) is 0 Å². The van der Waals surface area contributed by atoms with Gasteiger partial charge in [0.25, 0.3) is 0 Å². The second kappa shape index (κ2) is 5.67. The molecular weight excluding hydrogens is 280 g/mol. The number of anilines is 2. The first-order chi connectivity index (χ1) is 8.27. The van der Waals surface area contributed by atoms with E-state index < -0.39 is 0 Å². The Kier molecular flexibility index (Phi) is 4.20. The smallest absolute Gasteiger partial charge is 0.148 e. The van der Waals surface area contributed by atoms with E-state index in [-0.39, 0.29) is 0 Å². The van der Waals surface area contributed by atoms with Crippen LogP contribution in [0.5, 0.6) is 0 Å². The average molecular weight is 299 g/mol. The lowest BCUT2D eigenvalue weighted by molar-refractivity contribution is 0.746. The van der Waals surface area contributed by atoms with Gasteiger partial charge in [0.1, 0.15) is 22.4 Å². The molecule has 2 rings (SSSR count). The summed E-state index contributed by atoms with van der Waals surface area (Å²) in [4.78, 5) is 11.1. The maximum Gasteiger partial charge on any atom is 0.148 e. The van der Waals surface area contributed by atoms with Crippen molar-refractivity contribution >= 4 is 27.6 Å². The van der Waals surface area contributed by atoms with Crippen LogP contribution in [0.1, 0.15) is 33.1 Å². The fourth-order valence-corrected chi connectivity index (χ4v) is 2.51. The molecule has 0 radical (unpaired) electrons. The second-order valence-corrected chi connectivity index (χ2v) is 5.11. The summed E-state index contributed by atoms with van der Waals surface area (Å²) in [5.74, 6) is 1.92. The summed E-state index contributed by atoms with van der Waals surface area (Å²) in [6.45, 7) is 6.20. The van der Waals surface area contributed by atoms with Crippen LogP contribution in [0.3, 0.4) is 0 Å². The fraction of sp³-hybridized carbons (Fsp3) is 0.667. The number of nitrogens with zero attached hydrogens (tertiary/aromatic N) is 3. The zero-order valence-corrected chi connectivity index (χ0v) is 12.0. The normalized spacial score (nSPS) is 14.8. The third-order valence-electron chi connectivity index (χ3n) is 2.84. The minimum atomic E-state index is 0.677. The number of hydrogen-bond acceptors (Lipinski definition) is 4. The maximum atomic E-state index is 4.43. The predicted molar refractivity (Wildman–Crippen MR) is 74.6 cm³/mol. The van der Waals surface area contributed by atoms with Gasteiger partial charge in [-0.3, -0.25) is 0 Å². The highest BCUT2D eigenvalue weighted by Crippen LogP contribution is 2.36. The highest BCUT2D eigenvalue weighted by molar-refractivity contribution is 9.10. The van der Waals surface area contributed by atoms with Gasteiger partial charge in [-0.2, -0.15) is 0 Å². The summed E-state index contributed by atoms with van der Waals surface area (Å²) in [5.41, 5.74) is 0. The minimum absolute atomic E-state index is 0.677. The van der Waals surface area contributed by atoms with E-state index in [0.29, 0.717) is 6.04 Å². The lowest BCUT2D eigenvalue weighted by Crippen LogP contribution is -2.28.